The first-order valence-corrected chi connectivity index (χ1v) is 7.50. The predicted molar refractivity (Wildman–Crippen MR) is 78.9 cm³/mol. The van der Waals surface area contributed by atoms with E-state index in [-0.39, 0.29) is 0 Å². The summed E-state index contributed by atoms with van der Waals surface area (Å²) in [5.74, 6) is 0. The average Bonchev–Trinajstić information content (AvgIpc) is 2.37. The van der Waals surface area contributed by atoms with Crippen LogP contribution >= 0.6 is 0 Å². The van der Waals surface area contributed by atoms with Gasteiger partial charge in [0.1, 0.15) is 0 Å². The third kappa shape index (κ3) is 2.99. The number of nitrogens with zero attached hydrogens (tertiary/aromatic N) is 2. The minimum absolute atomic E-state index is 0.458. The average molecular weight is 259 g/mol. The summed E-state index contributed by atoms with van der Waals surface area (Å²) < 4.78 is 0. The highest BCUT2D eigenvalue weighted by atomic mass is 15.3. The van der Waals surface area contributed by atoms with Crippen molar-refractivity contribution in [3.8, 4) is 0 Å². The Morgan fingerprint density at radius 3 is 2.53 bits per heavy atom. The zero-order valence-electron chi connectivity index (χ0n) is 11.8. The normalized spacial score (nSPS) is 33.1. The molecular formula is C16H25N3. The third-order valence-corrected chi connectivity index (χ3v) is 4.63. The van der Waals surface area contributed by atoms with Crippen LogP contribution in [-0.4, -0.2) is 47.6 Å². The smallest absolute Gasteiger partial charge is 0.0234 e. The van der Waals surface area contributed by atoms with Crippen molar-refractivity contribution in [2.45, 2.75) is 44.4 Å². The fraction of sp³-hybridized carbons (Fsp3) is 0.625. The summed E-state index contributed by atoms with van der Waals surface area (Å²) in [6, 6.07) is 12.7. The molecule has 104 valence electrons. The molecule has 0 aromatic heterocycles. The molecule has 3 heteroatoms. The molecule has 0 spiro atoms. The molecule has 0 amide bonds. The lowest BCUT2D eigenvalue weighted by Crippen LogP contribution is -2.60. The Hall–Kier alpha value is -0.900. The van der Waals surface area contributed by atoms with Crippen LogP contribution in [0.1, 0.15) is 25.3 Å². The van der Waals surface area contributed by atoms with Gasteiger partial charge >= 0.3 is 0 Å². The molecule has 1 heterocycles. The number of piperazine rings is 1. The first-order chi connectivity index (χ1) is 9.22. The maximum Gasteiger partial charge on any atom is 0.0234 e. The maximum atomic E-state index is 5.91. The summed E-state index contributed by atoms with van der Waals surface area (Å²) in [5, 5.41) is 0. The van der Waals surface area contributed by atoms with Crippen LogP contribution < -0.4 is 5.73 Å². The van der Waals surface area contributed by atoms with E-state index in [4.69, 9.17) is 5.73 Å². The van der Waals surface area contributed by atoms with E-state index >= 15 is 0 Å². The molecule has 3 nitrogen and oxygen atoms in total. The summed E-state index contributed by atoms with van der Waals surface area (Å²) in [4.78, 5) is 5.25. The van der Waals surface area contributed by atoms with E-state index in [9.17, 15) is 0 Å². The molecule has 19 heavy (non-hydrogen) atoms. The number of hydrogen-bond donors (Lipinski definition) is 1. The van der Waals surface area contributed by atoms with Crippen LogP contribution in [0.4, 0.5) is 0 Å². The van der Waals surface area contributed by atoms with Crippen LogP contribution in [0.2, 0.25) is 0 Å². The standard InChI is InChI=1S/C16H25N3/c1-13-11-18(12-14-5-3-2-4-6-14)7-8-19(13)16-9-15(17)10-16/h2-6,13,15-16H,7-12,17H2,1H3. The maximum absolute atomic E-state index is 5.91. The van der Waals surface area contributed by atoms with Crippen molar-refractivity contribution in [1.82, 2.24) is 9.80 Å². The zero-order chi connectivity index (χ0) is 13.2. The van der Waals surface area contributed by atoms with E-state index in [1.165, 1.54) is 38.0 Å². The molecule has 2 aliphatic rings. The van der Waals surface area contributed by atoms with Gasteiger partial charge < -0.3 is 5.73 Å². The van der Waals surface area contributed by atoms with Gasteiger partial charge in [-0.25, -0.2) is 0 Å². The van der Waals surface area contributed by atoms with Gasteiger partial charge in [-0.3, -0.25) is 9.80 Å². The fourth-order valence-electron chi connectivity index (χ4n) is 3.48. The summed E-state index contributed by atoms with van der Waals surface area (Å²) in [6.45, 7) is 7.02. The van der Waals surface area contributed by atoms with Gasteiger partial charge in [0, 0.05) is 44.3 Å². The molecule has 1 saturated carbocycles. The number of hydrogen-bond acceptors (Lipinski definition) is 3. The number of benzene rings is 1. The summed E-state index contributed by atoms with van der Waals surface area (Å²) >= 11 is 0. The van der Waals surface area contributed by atoms with Gasteiger partial charge in [0.25, 0.3) is 0 Å². The van der Waals surface area contributed by atoms with Crippen molar-refractivity contribution in [3.63, 3.8) is 0 Å². The van der Waals surface area contributed by atoms with Crippen LogP contribution in [0.25, 0.3) is 0 Å². The van der Waals surface area contributed by atoms with Gasteiger partial charge in [-0.05, 0) is 25.3 Å². The summed E-state index contributed by atoms with van der Waals surface area (Å²) in [6.07, 6.45) is 2.39. The molecule has 3 rings (SSSR count). The van der Waals surface area contributed by atoms with Crippen molar-refractivity contribution < 1.29 is 0 Å². The van der Waals surface area contributed by atoms with Crippen LogP contribution in [0, 0.1) is 0 Å². The second kappa shape index (κ2) is 5.61. The minimum atomic E-state index is 0.458. The van der Waals surface area contributed by atoms with Crippen LogP contribution in [0.3, 0.4) is 0 Å². The molecule has 1 aliphatic carbocycles. The minimum Gasteiger partial charge on any atom is -0.328 e. The summed E-state index contributed by atoms with van der Waals surface area (Å²) in [5.41, 5.74) is 7.34. The highest BCUT2D eigenvalue weighted by Gasteiger charge is 2.35. The lowest BCUT2D eigenvalue weighted by atomic mass is 9.85. The van der Waals surface area contributed by atoms with Crippen molar-refractivity contribution in [2.24, 2.45) is 5.73 Å². The Kier molecular flexibility index (Phi) is 3.87. The molecule has 2 N–H and O–H groups in total. The Bertz CT molecular complexity index is 400. The lowest BCUT2D eigenvalue weighted by Gasteiger charge is -2.49. The molecule has 1 aromatic rings. The quantitative estimate of drug-likeness (QED) is 0.896. The van der Waals surface area contributed by atoms with Crippen molar-refractivity contribution in [2.75, 3.05) is 19.6 Å². The van der Waals surface area contributed by atoms with Crippen molar-refractivity contribution in [1.29, 1.82) is 0 Å². The molecule has 1 saturated heterocycles. The van der Waals surface area contributed by atoms with E-state index in [0.29, 0.717) is 12.1 Å². The van der Waals surface area contributed by atoms with Gasteiger partial charge in [-0.15, -0.1) is 0 Å². The second-order valence-corrected chi connectivity index (χ2v) is 6.19. The topological polar surface area (TPSA) is 32.5 Å². The molecule has 1 atom stereocenters. The highest BCUT2D eigenvalue weighted by Crippen LogP contribution is 2.27. The third-order valence-electron chi connectivity index (χ3n) is 4.63. The first kappa shape index (κ1) is 13.1. The molecule has 0 bridgehead atoms. The highest BCUT2D eigenvalue weighted by molar-refractivity contribution is 5.14. The monoisotopic (exact) mass is 259 g/mol. The molecule has 2 fully saturated rings. The first-order valence-electron chi connectivity index (χ1n) is 7.50. The number of nitrogens with two attached hydrogens (primary N) is 1. The van der Waals surface area contributed by atoms with Gasteiger partial charge in [0.05, 0.1) is 0 Å². The Morgan fingerprint density at radius 1 is 1.16 bits per heavy atom. The SMILES string of the molecule is CC1CN(Cc2ccccc2)CCN1C1CC(N)C1. The number of rotatable bonds is 3. The molecule has 0 radical (unpaired) electrons. The van der Waals surface area contributed by atoms with Gasteiger partial charge in [-0.2, -0.15) is 0 Å². The Balaban J connectivity index is 1.52. The zero-order valence-corrected chi connectivity index (χ0v) is 11.8. The van der Waals surface area contributed by atoms with Gasteiger partial charge in [-0.1, -0.05) is 30.3 Å². The van der Waals surface area contributed by atoms with Crippen LogP contribution in [0.15, 0.2) is 30.3 Å². The lowest BCUT2D eigenvalue weighted by molar-refractivity contribution is 0.0106. The van der Waals surface area contributed by atoms with Gasteiger partial charge in [0.15, 0.2) is 0 Å². The largest absolute Gasteiger partial charge is 0.328 e. The predicted octanol–water partition coefficient (Wildman–Crippen LogP) is 1.68. The van der Waals surface area contributed by atoms with Crippen LogP contribution in [-0.2, 0) is 6.54 Å². The molecule has 1 unspecified atom stereocenters. The van der Waals surface area contributed by atoms with Gasteiger partial charge in [0.2, 0.25) is 0 Å². The van der Waals surface area contributed by atoms with Crippen LogP contribution in [0.5, 0.6) is 0 Å². The summed E-state index contributed by atoms with van der Waals surface area (Å²) in [7, 11) is 0. The van der Waals surface area contributed by atoms with E-state index in [1.807, 2.05) is 0 Å². The van der Waals surface area contributed by atoms with Crippen molar-refractivity contribution >= 4 is 0 Å². The molecule has 1 aromatic carbocycles. The van der Waals surface area contributed by atoms with E-state index in [2.05, 4.69) is 47.1 Å². The molecule has 1 aliphatic heterocycles. The molecular weight excluding hydrogens is 234 g/mol. The van der Waals surface area contributed by atoms with E-state index in [1.54, 1.807) is 0 Å². The van der Waals surface area contributed by atoms with Crippen molar-refractivity contribution in [3.05, 3.63) is 35.9 Å². The second-order valence-electron chi connectivity index (χ2n) is 6.19. The Labute approximate surface area is 116 Å². The van der Waals surface area contributed by atoms with E-state index < -0.39 is 0 Å². The Morgan fingerprint density at radius 2 is 1.89 bits per heavy atom. The van der Waals surface area contributed by atoms with E-state index in [0.717, 1.165) is 12.6 Å². The fourth-order valence-corrected chi connectivity index (χ4v) is 3.48.